The fourth-order valence-electron chi connectivity index (χ4n) is 3.71. The van der Waals surface area contributed by atoms with Crippen molar-refractivity contribution in [1.82, 2.24) is 4.72 Å². The molecule has 0 bridgehead atoms. The number of nitrogen functional groups attached to an aromatic ring is 1. The lowest BCUT2D eigenvalue weighted by atomic mass is 10.1. The summed E-state index contributed by atoms with van der Waals surface area (Å²) in [5.41, 5.74) is 7.38. The molecule has 200 valence electrons. The first kappa shape index (κ1) is 27.9. The van der Waals surface area contributed by atoms with Crippen molar-refractivity contribution in [2.24, 2.45) is 5.73 Å². The second-order valence-electron chi connectivity index (χ2n) is 8.60. The number of unbranched alkanes of at least 4 members (excludes halogenated alkanes) is 1. The molecule has 2 aromatic carbocycles. The molecule has 0 aliphatic carbocycles. The highest BCUT2D eigenvalue weighted by Crippen LogP contribution is 2.23. The maximum Gasteiger partial charge on any atom is 0.414 e. The third-order valence-electron chi connectivity index (χ3n) is 5.74. The molecule has 1 heterocycles. The quantitative estimate of drug-likeness (QED) is 0.201. The van der Waals surface area contributed by atoms with E-state index in [1.807, 2.05) is 6.92 Å². The third-order valence-corrected chi connectivity index (χ3v) is 7.21. The summed E-state index contributed by atoms with van der Waals surface area (Å²) in [6.45, 7) is 2.32. The monoisotopic (exact) mass is 532 g/mol. The number of benzene rings is 2. The van der Waals surface area contributed by atoms with Gasteiger partial charge in [-0.25, -0.2) is 17.9 Å². The number of carbonyl (C=O) groups excluding carboxylic acids is 2. The number of amidine groups is 1. The zero-order valence-corrected chi connectivity index (χ0v) is 21.6. The average molecular weight is 533 g/mol. The number of esters is 1. The molecule has 1 amide bonds. The van der Waals surface area contributed by atoms with Crippen molar-refractivity contribution in [3.05, 3.63) is 59.7 Å². The van der Waals surface area contributed by atoms with Gasteiger partial charge in [-0.15, -0.1) is 0 Å². The molecule has 0 radical (unpaired) electrons. The molecule has 2 atom stereocenters. The SMILES string of the molecule is CCCCS(=O)(=O)NC(Cc1ccc(OCC2CN(c3ccc(C(=N)N)cc3)C(=O)O2)cc1)C(=O)OC. The van der Waals surface area contributed by atoms with Crippen LogP contribution in [0.2, 0.25) is 0 Å². The Morgan fingerprint density at radius 2 is 1.89 bits per heavy atom. The number of hydrogen-bond donors (Lipinski definition) is 3. The van der Waals surface area contributed by atoms with Crippen molar-refractivity contribution in [1.29, 1.82) is 5.41 Å². The van der Waals surface area contributed by atoms with Gasteiger partial charge in [0.15, 0.2) is 6.10 Å². The van der Waals surface area contributed by atoms with Crippen LogP contribution in [-0.2, 0) is 30.7 Å². The molecular formula is C25H32N4O7S. The molecule has 0 aromatic heterocycles. The number of sulfonamides is 1. The van der Waals surface area contributed by atoms with Crippen LogP contribution >= 0.6 is 0 Å². The number of ether oxygens (including phenoxy) is 3. The number of carbonyl (C=O) groups is 2. The first-order chi connectivity index (χ1) is 17.6. The maximum atomic E-state index is 12.3. The van der Waals surface area contributed by atoms with Gasteiger partial charge < -0.3 is 19.9 Å². The molecule has 4 N–H and O–H groups in total. The molecule has 0 spiro atoms. The van der Waals surface area contributed by atoms with E-state index in [1.54, 1.807) is 48.5 Å². The predicted molar refractivity (Wildman–Crippen MR) is 138 cm³/mol. The molecule has 1 saturated heterocycles. The van der Waals surface area contributed by atoms with Gasteiger partial charge in [0, 0.05) is 11.3 Å². The van der Waals surface area contributed by atoms with Crippen molar-refractivity contribution >= 4 is 33.6 Å². The zero-order chi connectivity index (χ0) is 27.0. The second kappa shape index (κ2) is 12.5. The Bertz CT molecular complexity index is 1200. The summed E-state index contributed by atoms with van der Waals surface area (Å²) in [6.07, 6.45) is 0.360. The smallest absolute Gasteiger partial charge is 0.414 e. The number of amides is 1. The summed E-state index contributed by atoms with van der Waals surface area (Å²) in [7, 11) is -2.40. The number of methoxy groups -OCH3 is 1. The minimum Gasteiger partial charge on any atom is -0.490 e. The summed E-state index contributed by atoms with van der Waals surface area (Å²) >= 11 is 0. The lowest BCUT2D eigenvalue weighted by Crippen LogP contribution is -2.43. The Kier molecular flexibility index (Phi) is 9.48. The molecule has 1 aliphatic rings. The summed E-state index contributed by atoms with van der Waals surface area (Å²) in [4.78, 5) is 25.9. The number of nitrogens with one attached hydrogen (secondary N) is 2. The summed E-state index contributed by atoms with van der Waals surface area (Å²) < 4.78 is 42.9. The van der Waals surface area contributed by atoms with Crippen molar-refractivity contribution in [3.8, 4) is 5.75 Å². The molecule has 11 nitrogen and oxygen atoms in total. The van der Waals surface area contributed by atoms with Crippen molar-refractivity contribution < 1.29 is 32.2 Å². The van der Waals surface area contributed by atoms with E-state index in [-0.39, 0.29) is 24.6 Å². The number of anilines is 1. The minimum absolute atomic E-state index is 0.0538. The topological polar surface area (TPSA) is 161 Å². The Morgan fingerprint density at radius 1 is 1.22 bits per heavy atom. The van der Waals surface area contributed by atoms with Gasteiger partial charge in [0.05, 0.1) is 19.4 Å². The van der Waals surface area contributed by atoms with E-state index in [1.165, 1.54) is 12.0 Å². The molecule has 0 saturated carbocycles. The maximum absolute atomic E-state index is 12.3. The standard InChI is InChI=1S/C25H32N4O7S/c1-3-4-13-37(32,33)28-22(24(30)34-2)14-17-5-11-20(12-6-17)35-16-21-15-29(25(31)36-21)19-9-7-18(8-10-19)23(26)27/h5-12,21-22,28H,3-4,13-16H2,1-2H3,(H3,26,27). The highest BCUT2D eigenvalue weighted by Gasteiger charge is 2.33. The first-order valence-electron chi connectivity index (χ1n) is 11.8. The molecule has 12 heteroatoms. The van der Waals surface area contributed by atoms with Crippen LogP contribution < -0.4 is 20.1 Å². The van der Waals surface area contributed by atoms with Crippen LogP contribution in [0.25, 0.3) is 0 Å². The largest absolute Gasteiger partial charge is 0.490 e. The highest BCUT2D eigenvalue weighted by atomic mass is 32.2. The number of rotatable bonds is 13. The molecule has 3 rings (SSSR count). The van der Waals surface area contributed by atoms with E-state index in [4.69, 9.17) is 25.4 Å². The minimum atomic E-state index is -3.62. The van der Waals surface area contributed by atoms with E-state index in [0.717, 1.165) is 6.42 Å². The zero-order valence-electron chi connectivity index (χ0n) is 20.8. The fourth-order valence-corrected chi connectivity index (χ4v) is 5.11. The van der Waals surface area contributed by atoms with E-state index >= 15 is 0 Å². The van der Waals surface area contributed by atoms with Crippen LogP contribution in [-0.4, -0.2) is 64.5 Å². The Hall–Kier alpha value is -3.64. The van der Waals surface area contributed by atoms with E-state index in [0.29, 0.717) is 35.5 Å². The second-order valence-corrected chi connectivity index (χ2v) is 10.5. The van der Waals surface area contributed by atoms with Gasteiger partial charge in [-0.2, -0.15) is 0 Å². The molecule has 1 fully saturated rings. The number of cyclic esters (lactones) is 1. The molecule has 2 aromatic rings. The van der Waals surface area contributed by atoms with E-state index in [2.05, 4.69) is 4.72 Å². The van der Waals surface area contributed by atoms with Gasteiger partial charge in [0.1, 0.15) is 24.2 Å². The molecule has 1 aliphatic heterocycles. The number of hydrogen-bond acceptors (Lipinski definition) is 8. The van der Waals surface area contributed by atoms with Crippen LogP contribution in [0.1, 0.15) is 30.9 Å². The Morgan fingerprint density at radius 3 is 2.49 bits per heavy atom. The summed E-state index contributed by atoms with van der Waals surface area (Å²) in [5.74, 6) is -0.246. The average Bonchev–Trinajstić information content (AvgIpc) is 3.26. The van der Waals surface area contributed by atoms with E-state index < -0.39 is 34.2 Å². The van der Waals surface area contributed by atoms with Gasteiger partial charge >= 0.3 is 12.1 Å². The summed E-state index contributed by atoms with van der Waals surface area (Å²) in [5, 5.41) is 7.46. The summed E-state index contributed by atoms with van der Waals surface area (Å²) in [6, 6.07) is 12.6. The van der Waals surface area contributed by atoms with Gasteiger partial charge in [0.2, 0.25) is 10.0 Å². The van der Waals surface area contributed by atoms with Crippen LogP contribution in [0.4, 0.5) is 10.5 Å². The number of nitrogens with two attached hydrogens (primary N) is 1. The first-order valence-corrected chi connectivity index (χ1v) is 13.5. The Labute approximate surface area is 216 Å². The van der Waals surface area contributed by atoms with Crippen LogP contribution in [0.15, 0.2) is 48.5 Å². The highest BCUT2D eigenvalue weighted by molar-refractivity contribution is 7.89. The van der Waals surface area contributed by atoms with Gasteiger partial charge in [0.25, 0.3) is 0 Å². The van der Waals surface area contributed by atoms with Gasteiger partial charge in [-0.05, 0) is 54.8 Å². The van der Waals surface area contributed by atoms with Crippen molar-refractivity contribution in [2.45, 2.75) is 38.3 Å². The van der Waals surface area contributed by atoms with Gasteiger partial charge in [-0.1, -0.05) is 25.5 Å². The van der Waals surface area contributed by atoms with Crippen molar-refractivity contribution in [3.63, 3.8) is 0 Å². The fraction of sp³-hybridized carbons (Fsp3) is 0.400. The molecular weight excluding hydrogens is 500 g/mol. The lowest BCUT2D eigenvalue weighted by molar-refractivity contribution is -0.142. The van der Waals surface area contributed by atoms with Crippen molar-refractivity contribution in [2.75, 3.05) is 30.9 Å². The van der Waals surface area contributed by atoms with E-state index in [9.17, 15) is 18.0 Å². The number of nitrogens with zero attached hydrogens (tertiary/aromatic N) is 1. The molecule has 37 heavy (non-hydrogen) atoms. The Balaban J connectivity index is 1.55. The van der Waals surface area contributed by atoms with Crippen LogP contribution in [0.3, 0.4) is 0 Å². The molecule has 2 unspecified atom stereocenters. The normalized spacial score (nSPS) is 16.2. The van der Waals surface area contributed by atoms with Crippen LogP contribution in [0.5, 0.6) is 5.75 Å². The third kappa shape index (κ3) is 7.92. The van der Waals surface area contributed by atoms with Gasteiger partial charge in [-0.3, -0.25) is 15.1 Å². The lowest BCUT2D eigenvalue weighted by Gasteiger charge is -2.17. The predicted octanol–water partition coefficient (Wildman–Crippen LogP) is 2.18. The van der Waals surface area contributed by atoms with Crippen LogP contribution in [0, 0.1) is 5.41 Å².